The summed E-state index contributed by atoms with van der Waals surface area (Å²) in [6.45, 7) is 2.70. The van der Waals surface area contributed by atoms with Gasteiger partial charge in [0.1, 0.15) is 0 Å². The zero-order valence-corrected chi connectivity index (χ0v) is 16.8. The molecule has 1 aliphatic carbocycles. The number of methoxy groups -OCH3 is 2. The van der Waals surface area contributed by atoms with Gasteiger partial charge in [-0.05, 0) is 37.0 Å². The van der Waals surface area contributed by atoms with Gasteiger partial charge in [0, 0.05) is 32.5 Å². The Morgan fingerprint density at radius 2 is 1.81 bits per heavy atom. The van der Waals surface area contributed by atoms with Crippen LogP contribution < -0.4 is 14.8 Å². The fraction of sp³-hybridized carbons (Fsp3) is 0.619. The highest BCUT2D eigenvalue weighted by Gasteiger charge is 2.22. The number of hydrogen-bond donors (Lipinski definition) is 1. The lowest BCUT2D eigenvalue weighted by Gasteiger charge is -2.33. The highest BCUT2D eigenvalue weighted by molar-refractivity contribution is 5.76. The predicted octanol–water partition coefficient (Wildman–Crippen LogP) is 2.93. The molecule has 2 rings (SSSR count). The summed E-state index contributed by atoms with van der Waals surface area (Å²) in [6, 6.07) is 6.02. The number of nitrogens with one attached hydrogen (secondary N) is 1. The Kier molecular flexibility index (Phi) is 8.43. The lowest BCUT2D eigenvalue weighted by Crippen LogP contribution is -2.44. The summed E-state index contributed by atoms with van der Waals surface area (Å²) in [5.74, 6) is 1.44. The molecule has 0 bridgehead atoms. The van der Waals surface area contributed by atoms with Gasteiger partial charge in [-0.15, -0.1) is 0 Å². The van der Waals surface area contributed by atoms with Gasteiger partial charge in [-0.3, -0.25) is 9.59 Å². The number of rotatable bonds is 9. The van der Waals surface area contributed by atoms with Crippen LogP contribution in [0.1, 0.15) is 51.0 Å². The van der Waals surface area contributed by atoms with Gasteiger partial charge >= 0.3 is 0 Å². The number of carbonyl (C=O) groups excluding carboxylic acids is 2. The molecule has 2 amide bonds. The number of aryl methyl sites for hydroxylation is 1. The van der Waals surface area contributed by atoms with Crippen LogP contribution in [0.2, 0.25) is 0 Å². The van der Waals surface area contributed by atoms with E-state index in [0.29, 0.717) is 43.5 Å². The average molecular weight is 376 g/mol. The van der Waals surface area contributed by atoms with Crippen molar-refractivity contribution in [2.24, 2.45) is 0 Å². The van der Waals surface area contributed by atoms with E-state index < -0.39 is 0 Å². The van der Waals surface area contributed by atoms with Crippen molar-refractivity contribution in [1.29, 1.82) is 0 Å². The van der Waals surface area contributed by atoms with Gasteiger partial charge in [0.05, 0.1) is 14.2 Å². The van der Waals surface area contributed by atoms with Gasteiger partial charge in [0.25, 0.3) is 0 Å². The second kappa shape index (κ2) is 10.8. The number of benzene rings is 1. The Balaban J connectivity index is 1.76. The van der Waals surface area contributed by atoms with E-state index in [1.54, 1.807) is 21.1 Å². The molecule has 1 N–H and O–H groups in total. The standard InChI is InChI=1S/C21H32N2O4/c1-16(24)23(18-7-5-4-6-8-18)14-13-22-21(25)12-10-17-9-11-19(26-2)20(15-17)27-3/h9,11,15,18H,4-8,10,12-14H2,1-3H3,(H,22,25). The summed E-state index contributed by atoms with van der Waals surface area (Å²) in [5, 5.41) is 2.94. The summed E-state index contributed by atoms with van der Waals surface area (Å²) < 4.78 is 10.5. The smallest absolute Gasteiger partial charge is 0.220 e. The lowest BCUT2D eigenvalue weighted by molar-refractivity contribution is -0.132. The van der Waals surface area contributed by atoms with Gasteiger partial charge in [-0.25, -0.2) is 0 Å². The highest BCUT2D eigenvalue weighted by atomic mass is 16.5. The van der Waals surface area contributed by atoms with E-state index in [0.717, 1.165) is 18.4 Å². The minimum absolute atomic E-state index is 0.00284. The molecule has 0 saturated heterocycles. The predicted molar refractivity (Wildman–Crippen MR) is 105 cm³/mol. The van der Waals surface area contributed by atoms with Crippen LogP contribution in [-0.2, 0) is 16.0 Å². The van der Waals surface area contributed by atoms with Crippen molar-refractivity contribution in [3.63, 3.8) is 0 Å². The second-order valence-corrected chi connectivity index (χ2v) is 7.04. The first-order valence-corrected chi connectivity index (χ1v) is 9.80. The third-order valence-corrected chi connectivity index (χ3v) is 5.18. The molecule has 1 aromatic rings. The zero-order chi connectivity index (χ0) is 19.6. The maximum atomic E-state index is 12.2. The first kappa shape index (κ1) is 21.1. The third kappa shape index (κ3) is 6.45. The van der Waals surface area contributed by atoms with E-state index in [2.05, 4.69) is 5.32 Å². The Morgan fingerprint density at radius 1 is 1.11 bits per heavy atom. The molecule has 1 fully saturated rings. The molecule has 0 heterocycles. The molecule has 0 atom stereocenters. The molecule has 1 saturated carbocycles. The van der Waals surface area contributed by atoms with Crippen LogP contribution in [0.15, 0.2) is 18.2 Å². The molecule has 27 heavy (non-hydrogen) atoms. The molecule has 6 heteroatoms. The third-order valence-electron chi connectivity index (χ3n) is 5.18. The summed E-state index contributed by atoms with van der Waals surface area (Å²) in [4.78, 5) is 26.0. The molecular formula is C21H32N2O4. The van der Waals surface area contributed by atoms with E-state index in [1.807, 2.05) is 23.1 Å². The molecule has 1 aromatic carbocycles. The molecule has 0 aliphatic heterocycles. The van der Waals surface area contributed by atoms with E-state index in [4.69, 9.17) is 9.47 Å². The molecule has 0 unspecified atom stereocenters. The molecule has 1 aliphatic rings. The summed E-state index contributed by atoms with van der Waals surface area (Å²) in [5.41, 5.74) is 1.02. The quantitative estimate of drug-likeness (QED) is 0.720. The van der Waals surface area contributed by atoms with E-state index in [-0.39, 0.29) is 11.8 Å². The van der Waals surface area contributed by atoms with Crippen LogP contribution in [0.5, 0.6) is 11.5 Å². The van der Waals surface area contributed by atoms with Gasteiger partial charge < -0.3 is 19.7 Å². The number of amides is 2. The largest absolute Gasteiger partial charge is 0.493 e. The van der Waals surface area contributed by atoms with Gasteiger partial charge in [-0.1, -0.05) is 25.3 Å². The van der Waals surface area contributed by atoms with Crippen LogP contribution in [0.3, 0.4) is 0 Å². The Morgan fingerprint density at radius 3 is 2.44 bits per heavy atom. The van der Waals surface area contributed by atoms with E-state index >= 15 is 0 Å². The van der Waals surface area contributed by atoms with Crippen molar-refractivity contribution in [3.05, 3.63) is 23.8 Å². The Hall–Kier alpha value is -2.24. The monoisotopic (exact) mass is 376 g/mol. The van der Waals surface area contributed by atoms with E-state index in [9.17, 15) is 9.59 Å². The second-order valence-electron chi connectivity index (χ2n) is 7.04. The SMILES string of the molecule is COc1ccc(CCC(=O)NCCN(C(C)=O)C2CCCCC2)cc1OC. The van der Waals surface area contributed by atoms with Crippen molar-refractivity contribution in [2.45, 2.75) is 57.9 Å². The molecule has 0 radical (unpaired) electrons. The zero-order valence-electron chi connectivity index (χ0n) is 16.8. The Bertz CT molecular complexity index is 627. The van der Waals surface area contributed by atoms with Gasteiger partial charge in [0.2, 0.25) is 11.8 Å². The Labute approximate surface area is 162 Å². The fourth-order valence-electron chi connectivity index (χ4n) is 3.69. The number of carbonyl (C=O) groups is 2. The molecule has 6 nitrogen and oxygen atoms in total. The van der Waals surface area contributed by atoms with Crippen LogP contribution in [0.25, 0.3) is 0 Å². The van der Waals surface area contributed by atoms with Crippen molar-refractivity contribution in [3.8, 4) is 11.5 Å². The maximum absolute atomic E-state index is 12.2. The maximum Gasteiger partial charge on any atom is 0.220 e. The number of nitrogens with zero attached hydrogens (tertiary/aromatic N) is 1. The number of ether oxygens (including phenoxy) is 2. The average Bonchev–Trinajstić information content (AvgIpc) is 2.69. The van der Waals surface area contributed by atoms with E-state index in [1.165, 1.54) is 19.3 Å². The minimum atomic E-state index is -0.00284. The van der Waals surface area contributed by atoms with Crippen LogP contribution in [-0.4, -0.2) is 50.1 Å². The van der Waals surface area contributed by atoms with Crippen LogP contribution in [0.4, 0.5) is 0 Å². The fourth-order valence-corrected chi connectivity index (χ4v) is 3.69. The van der Waals surface area contributed by atoms with Crippen molar-refractivity contribution in [1.82, 2.24) is 10.2 Å². The minimum Gasteiger partial charge on any atom is -0.493 e. The molecule has 0 spiro atoms. The van der Waals surface area contributed by atoms with Crippen molar-refractivity contribution in [2.75, 3.05) is 27.3 Å². The first-order chi connectivity index (χ1) is 13.0. The molecule has 0 aromatic heterocycles. The van der Waals surface area contributed by atoms with Crippen LogP contribution in [0, 0.1) is 0 Å². The molecule has 150 valence electrons. The summed E-state index contributed by atoms with van der Waals surface area (Å²) in [7, 11) is 3.20. The molecular weight excluding hydrogens is 344 g/mol. The van der Waals surface area contributed by atoms with Gasteiger partial charge in [0.15, 0.2) is 11.5 Å². The summed E-state index contributed by atoms with van der Waals surface area (Å²) in [6.07, 6.45) is 6.82. The van der Waals surface area contributed by atoms with Crippen molar-refractivity contribution < 1.29 is 19.1 Å². The highest BCUT2D eigenvalue weighted by Crippen LogP contribution is 2.28. The first-order valence-electron chi connectivity index (χ1n) is 9.80. The van der Waals surface area contributed by atoms with Crippen LogP contribution >= 0.6 is 0 Å². The normalized spacial score (nSPS) is 14.5. The summed E-state index contributed by atoms with van der Waals surface area (Å²) >= 11 is 0. The van der Waals surface area contributed by atoms with Gasteiger partial charge in [-0.2, -0.15) is 0 Å². The number of hydrogen-bond acceptors (Lipinski definition) is 4. The lowest BCUT2D eigenvalue weighted by atomic mass is 9.94. The van der Waals surface area contributed by atoms with Crippen molar-refractivity contribution >= 4 is 11.8 Å². The topological polar surface area (TPSA) is 67.9 Å².